The second-order valence-corrected chi connectivity index (χ2v) is 13.8. The van der Waals surface area contributed by atoms with E-state index in [2.05, 4.69) is 5.32 Å². The van der Waals surface area contributed by atoms with E-state index in [1.807, 2.05) is 0 Å². The van der Waals surface area contributed by atoms with Crippen LogP contribution in [0.3, 0.4) is 0 Å². The monoisotopic (exact) mass is 609 g/mol. The van der Waals surface area contributed by atoms with Gasteiger partial charge in [0.15, 0.2) is 9.84 Å². The van der Waals surface area contributed by atoms with Crippen molar-refractivity contribution >= 4 is 37.8 Å². The minimum Gasteiger partial charge on any atom is -0.480 e. The van der Waals surface area contributed by atoms with E-state index in [0.29, 0.717) is 31.9 Å². The van der Waals surface area contributed by atoms with Gasteiger partial charge in [0.05, 0.1) is 29.6 Å². The van der Waals surface area contributed by atoms with E-state index >= 15 is 0 Å². The van der Waals surface area contributed by atoms with Gasteiger partial charge in [-0.2, -0.15) is 0 Å². The summed E-state index contributed by atoms with van der Waals surface area (Å²) in [6.45, 7) is 3.21. The van der Waals surface area contributed by atoms with Crippen molar-refractivity contribution < 1.29 is 45.8 Å². The lowest BCUT2D eigenvalue weighted by Gasteiger charge is -2.33. The molecule has 13 nitrogen and oxygen atoms in total. The number of carboxylic acid groups (broad SMARTS) is 1. The van der Waals surface area contributed by atoms with Gasteiger partial charge in [0.25, 0.3) is 15.9 Å². The lowest BCUT2D eigenvalue weighted by atomic mass is 10.1. The number of nitrogens with one attached hydrogen (secondary N) is 1. The molecule has 1 unspecified atom stereocenters. The van der Waals surface area contributed by atoms with Gasteiger partial charge in [-0.15, -0.1) is 0 Å². The summed E-state index contributed by atoms with van der Waals surface area (Å²) >= 11 is 0. The fourth-order valence-corrected chi connectivity index (χ4v) is 7.39. The summed E-state index contributed by atoms with van der Waals surface area (Å²) in [5.41, 5.74) is 1.08. The number of sulfone groups is 1. The number of nitrogens with zero attached hydrogens (tertiary/aromatic N) is 2. The number of aryl methyl sites for hydroxylation is 1. The molecule has 222 valence electrons. The summed E-state index contributed by atoms with van der Waals surface area (Å²) in [5.74, 6) is -3.49. The van der Waals surface area contributed by atoms with Crippen molar-refractivity contribution in [3.63, 3.8) is 0 Å². The highest BCUT2D eigenvalue weighted by molar-refractivity contribution is 7.91. The smallest absolute Gasteiger partial charge is 0.415 e. The Labute approximate surface area is 238 Å². The second kappa shape index (κ2) is 12.5. The third-order valence-corrected chi connectivity index (χ3v) is 10.2. The van der Waals surface area contributed by atoms with Crippen LogP contribution in [0.2, 0.25) is 0 Å². The zero-order valence-electron chi connectivity index (χ0n) is 22.3. The molecule has 2 aliphatic rings. The molecule has 2 amide bonds. The highest BCUT2D eigenvalue weighted by atomic mass is 32.2. The van der Waals surface area contributed by atoms with Gasteiger partial charge >= 0.3 is 12.1 Å². The van der Waals surface area contributed by atoms with Crippen molar-refractivity contribution in [2.75, 3.05) is 44.4 Å². The number of benzene rings is 2. The molecule has 2 atom stereocenters. The van der Waals surface area contributed by atoms with E-state index in [-0.39, 0.29) is 27.2 Å². The first-order valence-corrected chi connectivity index (χ1v) is 16.1. The van der Waals surface area contributed by atoms with Gasteiger partial charge in [-0.1, -0.05) is 29.8 Å². The first kappa shape index (κ1) is 30.4. The first-order chi connectivity index (χ1) is 19.4. The number of aliphatic carboxylic acids is 1. The highest BCUT2D eigenvalue weighted by Crippen LogP contribution is 2.24. The Hall–Kier alpha value is -3.53. The lowest BCUT2D eigenvalue weighted by molar-refractivity contribution is -0.146. The van der Waals surface area contributed by atoms with Gasteiger partial charge < -0.3 is 24.8 Å². The van der Waals surface area contributed by atoms with Crippen molar-refractivity contribution in [3.05, 3.63) is 59.7 Å². The largest absolute Gasteiger partial charge is 0.480 e. The Morgan fingerprint density at radius 2 is 1.73 bits per heavy atom. The number of carbonyl (C=O) groups is 3. The molecule has 2 heterocycles. The van der Waals surface area contributed by atoms with Crippen LogP contribution in [-0.2, 0) is 40.6 Å². The molecule has 0 bridgehead atoms. The van der Waals surface area contributed by atoms with Crippen LogP contribution in [0, 0.1) is 6.92 Å². The topological polar surface area (TPSA) is 177 Å². The van der Waals surface area contributed by atoms with Crippen LogP contribution in [0.4, 0.5) is 4.79 Å². The maximum atomic E-state index is 13.7. The predicted molar refractivity (Wildman–Crippen MR) is 146 cm³/mol. The normalized spacial score (nSPS) is 19.6. The number of rotatable bonds is 8. The number of hydrogen-bond acceptors (Lipinski definition) is 10. The number of carboxylic acids is 1. The van der Waals surface area contributed by atoms with E-state index in [0.717, 1.165) is 5.56 Å². The summed E-state index contributed by atoms with van der Waals surface area (Å²) in [5, 5.41) is 12.9. The first-order valence-electron chi connectivity index (χ1n) is 12.8. The molecule has 15 heteroatoms. The summed E-state index contributed by atoms with van der Waals surface area (Å²) in [4.78, 5) is 39.6. The molecule has 2 aliphatic heterocycles. The maximum Gasteiger partial charge on any atom is 0.415 e. The van der Waals surface area contributed by atoms with E-state index in [4.69, 9.17) is 9.47 Å². The molecule has 0 aliphatic carbocycles. The summed E-state index contributed by atoms with van der Waals surface area (Å²) in [6.07, 6.45) is -0.996. The molecular formula is C26H31N3O10S2. The zero-order valence-corrected chi connectivity index (χ0v) is 23.9. The molecule has 2 aromatic rings. The molecule has 2 fully saturated rings. The second-order valence-electron chi connectivity index (χ2n) is 9.74. The Morgan fingerprint density at radius 1 is 1.10 bits per heavy atom. The van der Waals surface area contributed by atoms with Crippen LogP contribution in [0.15, 0.2) is 53.4 Å². The molecule has 2 aromatic carbocycles. The van der Waals surface area contributed by atoms with E-state index in [1.165, 1.54) is 53.4 Å². The number of sulfonamides is 1. The average Bonchev–Trinajstić information content (AvgIpc) is 2.93. The molecule has 2 N–H and O–H groups in total. The minimum absolute atomic E-state index is 0.0838. The maximum absolute atomic E-state index is 13.7. The molecule has 4 rings (SSSR count). The molecule has 2 saturated heterocycles. The van der Waals surface area contributed by atoms with Crippen molar-refractivity contribution in [2.45, 2.75) is 30.3 Å². The molecule has 0 spiro atoms. The van der Waals surface area contributed by atoms with Gasteiger partial charge in [0.2, 0.25) is 0 Å². The van der Waals surface area contributed by atoms with Crippen molar-refractivity contribution in [3.8, 4) is 5.75 Å². The number of ether oxygens (including phenoxy) is 2. The lowest BCUT2D eigenvalue weighted by Crippen LogP contribution is -2.59. The highest BCUT2D eigenvalue weighted by Gasteiger charge is 2.44. The van der Waals surface area contributed by atoms with Crippen molar-refractivity contribution in [2.24, 2.45) is 0 Å². The average molecular weight is 610 g/mol. The van der Waals surface area contributed by atoms with Crippen molar-refractivity contribution in [1.82, 2.24) is 14.5 Å². The SMILES string of the molecule is Cc1ccc(S(=O)(=O)N(C(=O)C2CS(=O)(=O)CCN2)[C@@H](Cc2ccc(OC(=O)N3CCOCC3)cc2)C(=O)O)cc1. The predicted octanol–water partition coefficient (Wildman–Crippen LogP) is 0.426. The summed E-state index contributed by atoms with van der Waals surface area (Å²) < 4.78 is 62.8. The van der Waals surface area contributed by atoms with E-state index in [1.54, 1.807) is 6.92 Å². The number of amides is 2. The van der Waals surface area contributed by atoms with Crippen LogP contribution in [-0.4, -0.2) is 106 Å². The quantitative estimate of drug-likeness (QED) is 0.424. The van der Waals surface area contributed by atoms with Gasteiger partial charge in [-0.05, 0) is 36.8 Å². The fourth-order valence-electron chi connectivity index (χ4n) is 4.46. The third-order valence-electron chi connectivity index (χ3n) is 6.71. The molecule has 0 aromatic heterocycles. The van der Waals surface area contributed by atoms with Crippen molar-refractivity contribution in [1.29, 1.82) is 0 Å². The van der Waals surface area contributed by atoms with Gasteiger partial charge in [0.1, 0.15) is 17.8 Å². The molecule has 0 radical (unpaired) electrons. The Balaban J connectivity index is 1.62. The standard InChI is InChI=1S/C26H31N3O10S2/c1-18-2-8-21(9-3-18)41(36,37)29(24(30)22-17-40(34,35)15-10-27-22)23(25(31)32)16-19-4-6-20(7-5-19)39-26(33)28-11-13-38-14-12-28/h2-9,22-23,27H,10-17H2,1H3,(H,31,32)/t22?,23-/m0/s1. The van der Waals surface area contributed by atoms with Gasteiger partial charge in [-0.3, -0.25) is 4.79 Å². The van der Waals surface area contributed by atoms with E-state index < -0.39 is 62.1 Å². The van der Waals surface area contributed by atoms with Crippen LogP contribution >= 0.6 is 0 Å². The molecular weight excluding hydrogens is 578 g/mol. The van der Waals surface area contributed by atoms with Gasteiger partial charge in [-0.25, -0.2) is 30.7 Å². The van der Waals surface area contributed by atoms with E-state index in [9.17, 15) is 36.3 Å². The molecule has 41 heavy (non-hydrogen) atoms. The number of hydrogen-bond donors (Lipinski definition) is 2. The molecule has 0 saturated carbocycles. The number of morpholine rings is 1. The van der Waals surface area contributed by atoms with Crippen LogP contribution in [0.5, 0.6) is 5.75 Å². The third kappa shape index (κ3) is 7.41. The van der Waals surface area contributed by atoms with Crippen LogP contribution < -0.4 is 10.1 Å². The zero-order chi connectivity index (χ0) is 29.8. The van der Waals surface area contributed by atoms with Crippen LogP contribution in [0.25, 0.3) is 0 Å². The van der Waals surface area contributed by atoms with Gasteiger partial charge in [0, 0.05) is 26.1 Å². The Morgan fingerprint density at radius 3 is 2.32 bits per heavy atom. The Kier molecular flexibility index (Phi) is 9.31. The fraction of sp³-hybridized carbons (Fsp3) is 0.423. The minimum atomic E-state index is -4.72. The Bertz CT molecular complexity index is 1490. The van der Waals surface area contributed by atoms with Crippen LogP contribution in [0.1, 0.15) is 11.1 Å². The summed E-state index contributed by atoms with van der Waals surface area (Å²) in [6, 6.07) is 7.96. The summed E-state index contributed by atoms with van der Waals surface area (Å²) in [7, 11) is -8.38. The number of carbonyl (C=O) groups excluding carboxylic acids is 2.